The minimum atomic E-state index is -0.466. The number of nitrogens with one attached hydrogen (secondary N) is 1. The van der Waals surface area contributed by atoms with Gasteiger partial charge in [0.2, 0.25) is 0 Å². The number of thiazole rings is 1. The standard InChI is InChI=1S/C15H17NO5S2/c1-5-21-14(17)12-13(23-15(22)16-12)8-6-10(19-3)11(20-4)7-9(8)18-2/h6-7H,5H2,1-4H3,(H,16,22). The molecule has 0 aliphatic rings. The highest BCUT2D eigenvalue weighted by Gasteiger charge is 2.22. The molecular formula is C15H17NO5S2. The molecule has 0 spiro atoms. The number of H-pyrrole nitrogens is 1. The Morgan fingerprint density at radius 3 is 2.30 bits per heavy atom. The van der Waals surface area contributed by atoms with E-state index in [9.17, 15) is 4.79 Å². The Bertz CT molecular complexity index is 766. The van der Waals surface area contributed by atoms with Crippen LogP contribution < -0.4 is 14.2 Å². The first-order valence-electron chi connectivity index (χ1n) is 6.76. The van der Waals surface area contributed by atoms with Crippen molar-refractivity contribution in [3.05, 3.63) is 21.8 Å². The van der Waals surface area contributed by atoms with Crippen molar-refractivity contribution in [3.8, 4) is 27.7 Å². The van der Waals surface area contributed by atoms with Crippen molar-refractivity contribution in [3.63, 3.8) is 0 Å². The second-order valence-corrected chi connectivity index (χ2v) is 6.03. The lowest BCUT2D eigenvalue weighted by atomic mass is 10.1. The van der Waals surface area contributed by atoms with Gasteiger partial charge in [0.05, 0.1) is 32.8 Å². The minimum Gasteiger partial charge on any atom is -0.496 e. The van der Waals surface area contributed by atoms with E-state index in [4.69, 9.17) is 31.2 Å². The van der Waals surface area contributed by atoms with Crippen molar-refractivity contribution in [1.29, 1.82) is 0 Å². The zero-order valence-electron chi connectivity index (χ0n) is 13.2. The van der Waals surface area contributed by atoms with Crippen LogP contribution in [0.1, 0.15) is 17.4 Å². The van der Waals surface area contributed by atoms with Crippen LogP contribution in [0, 0.1) is 3.95 Å². The van der Waals surface area contributed by atoms with Crippen LogP contribution in [0.5, 0.6) is 17.2 Å². The van der Waals surface area contributed by atoms with Crippen molar-refractivity contribution >= 4 is 29.5 Å². The Hall–Kier alpha value is -2.06. The van der Waals surface area contributed by atoms with Gasteiger partial charge < -0.3 is 23.9 Å². The lowest BCUT2D eigenvalue weighted by Gasteiger charge is -2.13. The summed E-state index contributed by atoms with van der Waals surface area (Å²) in [6.45, 7) is 2.02. The van der Waals surface area contributed by atoms with Crippen LogP contribution >= 0.6 is 23.6 Å². The highest BCUT2D eigenvalue weighted by atomic mass is 32.1. The lowest BCUT2D eigenvalue weighted by molar-refractivity contribution is 0.0521. The molecule has 2 aromatic rings. The molecule has 0 atom stereocenters. The van der Waals surface area contributed by atoms with Gasteiger partial charge in [-0.15, -0.1) is 11.3 Å². The number of hydrogen-bond acceptors (Lipinski definition) is 7. The number of esters is 1. The van der Waals surface area contributed by atoms with E-state index >= 15 is 0 Å². The summed E-state index contributed by atoms with van der Waals surface area (Å²) in [6, 6.07) is 3.45. The second-order valence-electron chi connectivity index (χ2n) is 4.35. The zero-order chi connectivity index (χ0) is 17.0. The molecule has 0 aliphatic heterocycles. The largest absolute Gasteiger partial charge is 0.496 e. The third-order valence-electron chi connectivity index (χ3n) is 3.08. The summed E-state index contributed by atoms with van der Waals surface area (Å²) in [5.74, 6) is 1.13. The molecule has 124 valence electrons. The molecule has 0 saturated heterocycles. The molecule has 1 aromatic heterocycles. The number of benzene rings is 1. The summed E-state index contributed by atoms with van der Waals surface area (Å²) in [4.78, 5) is 15.6. The van der Waals surface area contributed by atoms with Gasteiger partial charge in [-0.3, -0.25) is 0 Å². The number of aromatic amines is 1. The second kappa shape index (κ2) is 7.47. The van der Waals surface area contributed by atoms with Gasteiger partial charge in [-0.2, -0.15) is 0 Å². The predicted molar refractivity (Wildman–Crippen MR) is 90.6 cm³/mol. The average Bonchev–Trinajstić information content (AvgIpc) is 2.95. The van der Waals surface area contributed by atoms with Crippen LogP contribution in [-0.2, 0) is 4.74 Å². The zero-order valence-corrected chi connectivity index (χ0v) is 14.9. The third kappa shape index (κ3) is 3.48. The highest BCUT2D eigenvalue weighted by Crippen LogP contribution is 2.42. The summed E-state index contributed by atoms with van der Waals surface area (Å²) in [5.41, 5.74) is 0.970. The number of aromatic nitrogens is 1. The molecule has 0 amide bonds. The molecule has 0 fully saturated rings. The van der Waals surface area contributed by atoms with Gasteiger partial charge in [-0.1, -0.05) is 0 Å². The average molecular weight is 355 g/mol. The first-order chi connectivity index (χ1) is 11.0. The summed E-state index contributed by atoms with van der Waals surface area (Å²) in [6.07, 6.45) is 0. The lowest BCUT2D eigenvalue weighted by Crippen LogP contribution is -2.06. The summed E-state index contributed by atoms with van der Waals surface area (Å²) in [7, 11) is 4.63. The van der Waals surface area contributed by atoms with Crippen molar-refractivity contribution < 1.29 is 23.7 Å². The first-order valence-corrected chi connectivity index (χ1v) is 7.98. The number of hydrogen-bond donors (Lipinski definition) is 1. The van der Waals surface area contributed by atoms with Gasteiger partial charge >= 0.3 is 5.97 Å². The molecule has 0 saturated carbocycles. The fourth-order valence-electron chi connectivity index (χ4n) is 2.07. The van der Waals surface area contributed by atoms with E-state index in [1.54, 1.807) is 40.4 Å². The molecule has 0 radical (unpaired) electrons. The van der Waals surface area contributed by atoms with Gasteiger partial charge in [0.1, 0.15) is 11.4 Å². The van der Waals surface area contributed by atoms with Crippen molar-refractivity contribution in [1.82, 2.24) is 4.98 Å². The summed E-state index contributed by atoms with van der Waals surface area (Å²) >= 11 is 6.44. The Morgan fingerprint density at radius 1 is 1.13 bits per heavy atom. The minimum absolute atomic E-state index is 0.276. The predicted octanol–water partition coefficient (Wildman–Crippen LogP) is 3.68. The van der Waals surface area contributed by atoms with Crippen LogP contribution in [0.15, 0.2) is 12.1 Å². The number of carbonyl (C=O) groups is 1. The Labute approximate surface area is 143 Å². The van der Waals surface area contributed by atoms with E-state index in [-0.39, 0.29) is 6.61 Å². The van der Waals surface area contributed by atoms with E-state index in [0.717, 1.165) is 0 Å². The monoisotopic (exact) mass is 355 g/mol. The quantitative estimate of drug-likeness (QED) is 0.630. The molecule has 0 unspecified atom stereocenters. The Morgan fingerprint density at radius 2 is 1.74 bits per heavy atom. The SMILES string of the molecule is CCOC(=O)c1[nH]c(=S)sc1-c1cc(OC)c(OC)cc1OC. The van der Waals surface area contributed by atoms with E-state index in [2.05, 4.69) is 4.98 Å². The van der Waals surface area contributed by atoms with Gasteiger partial charge in [-0.25, -0.2) is 4.79 Å². The smallest absolute Gasteiger partial charge is 0.356 e. The maximum absolute atomic E-state index is 12.1. The normalized spacial score (nSPS) is 10.3. The summed E-state index contributed by atoms with van der Waals surface area (Å²) < 4.78 is 21.6. The van der Waals surface area contributed by atoms with Crippen molar-refractivity contribution in [2.24, 2.45) is 0 Å². The van der Waals surface area contributed by atoms with Crippen molar-refractivity contribution in [2.45, 2.75) is 6.92 Å². The van der Waals surface area contributed by atoms with Gasteiger partial charge in [-0.05, 0) is 25.2 Å². The molecule has 0 bridgehead atoms. The van der Waals surface area contributed by atoms with Crippen LogP contribution in [0.4, 0.5) is 0 Å². The number of rotatable bonds is 6. The maximum Gasteiger partial charge on any atom is 0.356 e. The molecule has 1 heterocycles. The van der Waals surface area contributed by atoms with Crippen LogP contribution in [0.2, 0.25) is 0 Å². The van der Waals surface area contributed by atoms with Gasteiger partial charge in [0.15, 0.2) is 15.5 Å². The molecule has 0 aliphatic carbocycles. The molecule has 1 aromatic carbocycles. The molecule has 23 heavy (non-hydrogen) atoms. The Kier molecular flexibility index (Phi) is 5.62. The van der Waals surface area contributed by atoms with E-state index in [1.807, 2.05) is 0 Å². The summed E-state index contributed by atoms with van der Waals surface area (Å²) in [5, 5.41) is 0. The van der Waals surface area contributed by atoms with Crippen molar-refractivity contribution in [2.75, 3.05) is 27.9 Å². The van der Waals surface area contributed by atoms with Crippen LogP contribution in [0.25, 0.3) is 10.4 Å². The van der Waals surface area contributed by atoms with Crippen LogP contribution in [0.3, 0.4) is 0 Å². The fraction of sp³-hybridized carbons (Fsp3) is 0.333. The Balaban J connectivity index is 2.66. The fourth-order valence-corrected chi connectivity index (χ4v) is 3.27. The molecule has 2 rings (SSSR count). The van der Waals surface area contributed by atoms with E-state index in [0.29, 0.717) is 37.3 Å². The van der Waals surface area contributed by atoms with E-state index < -0.39 is 5.97 Å². The molecule has 8 heteroatoms. The third-order valence-corrected chi connectivity index (χ3v) is 4.35. The van der Waals surface area contributed by atoms with Gasteiger partial charge in [0.25, 0.3) is 0 Å². The number of methoxy groups -OCH3 is 3. The maximum atomic E-state index is 12.1. The number of ether oxygens (including phenoxy) is 4. The molecular weight excluding hydrogens is 338 g/mol. The number of carbonyl (C=O) groups excluding carboxylic acids is 1. The molecule has 1 N–H and O–H groups in total. The highest BCUT2D eigenvalue weighted by molar-refractivity contribution is 7.73. The van der Waals surface area contributed by atoms with E-state index in [1.165, 1.54) is 11.3 Å². The topological polar surface area (TPSA) is 69.8 Å². The van der Waals surface area contributed by atoms with Gasteiger partial charge in [0, 0.05) is 11.6 Å². The first kappa shape index (κ1) is 17.3. The van der Waals surface area contributed by atoms with Crippen LogP contribution in [-0.4, -0.2) is 38.9 Å². The molecule has 6 nitrogen and oxygen atoms in total.